The Morgan fingerprint density at radius 2 is 1.84 bits per heavy atom. The van der Waals surface area contributed by atoms with E-state index in [2.05, 4.69) is 47.1 Å². The molecule has 3 rings (SSSR count). The number of nitrogens with one attached hydrogen (secondary N) is 1. The Morgan fingerprint density at radius 3 is 2.56 bits per heavy atom. The second kappa shape index (κ2) is 9.04. The molecule has 1 atom stereocenters. The first-order valence-corrected chi connectivity index (χ1v) is 9.66. The van der Waals surface area contributed by atoms with E-state index in [1.807, 2.05) is 4.90 Å². The zero-order chi connectivity index (χ0) is 17.5. The van der Waals surface area contributed by atoms with Crippen LogP contribution in [0.2, 0.25) is 0 Å². The fourth-order valence-corrected chi connectivity index (χ4v) is 4.23. The van der Waals surface area contributed by atoms with E-state index in [0.29, 0.717) is 6.54 Å². The van der Waals surface area contributed by atoms with Gasteiger partial charge < -0.3 is 15.1 Å². The normalized spacial score (nSPS) is 22.1. The highest BCUT2D eigenvalue weighted by atomic mass is 16.2. The summed E-state index contributed by atoms with van der Waals surface area (Å²) >= 11 is 0. The molecule has 136 valence electrons. The maximum atomic E-state index is 12.0. The Bertz CT molecular complexity index is 552. The molecule has 2 amide bonds. The molecule has 2 saturated heterocycles. The molecule has 1 N–H and O–H groups in total. The molecule has 2 heterocycles. The molecule has 4 nitrogen and oxygen atoms in total. The van der Waals surface area contributed by atoms with Gasteiger partial charge in [-0.1, -0.05) is 36.4 Å². The van der Waals surface area contributed by atoms with Gasteiger partial charge in [0.25, 0.3) is 0 Å². The Morgan fingerprint density at radius 1 is 1.12 bits per heavy atom. The lowest BCUT2D eigenvalue weighted by Gasteiger charge is -2.34. The van der Waals surface area contributed by atoms with Gasteiger partial charge in [-0.15, -0.1) is 6.58 Å². The highest BCUT2D eigenvalue weighted by molar-refractivity contribution is 5.74. The molecule has 2 fully saturated rings. The van der Waals surface area contributed by atoms with Crippen molar-refractivity contribution < 1.29 is 4.79 Å². The summed E-state index contributed by atoms with van der Waals surface area (Å²) in [6.45, 7) is 9.63. The molecule has 1 unspecified atom stereocenters. The van der Waals surface area contributed by atoms with Crippen LogP contribution in [0.5, 0.6) is 0 Å². The molecule has 2 aliphatic rings. The van der Waals surface area contributed by atoms with Gasteiger partial charge in [0.05, 0.1) is 0 Å². The molecular formula is C21H31N3O. The van der Waals surface area contributed by atoms with Crippen molar-refractivity contribution >= 4 is 6.03 Å². The quantitative estimate of drug-likeness (QED) is 0.807. The van der Waals surface area contributed by atoms with Gasteiger partial charge in [-0.25, -0.2) is 4.79 Å². The van der Waals surface area contributed by atoms with Crippen LogP contribution in [0.4, 0.5) is 4.79 Å². The van der Waals surface area contributed by atoms with Crippen LogP contribution < -0.4 is 5.32 Å². The largest absolute Gasteiger partial charge is 0.335 e. The monoisotopic (exact) mass is 341 g/mol. The lowest BCUT2D eigenvalue weighted by atomic mass is 9.84. The van der Waals surface area contributed by atoms with Crippen LogP contribution in [0.15, 0.2) is 43.0 Å². The van der Waals surface area contributed by atoms with Crippen molar-refractivity contribution in [3.05, 3.63) is 48.6 Å². The van der Waals surface area contributed by atoms with E-state index >= 15 is 0 Å². The summed E-state index contributed by atoms with van der Waals surface area (Å²) in [5.74, 6) is 1.60. The third-order valence-electron chi connectivity index (χ3n) is 5.76. The smallest absolute Gasteiger partial charge is 0.317 e. The number of piperidine rings is 1. The predicted octanol–water partition coefficient (Wildman–Crippen LogP) is 3.16. The first-order chi connectivity index (χ1) is 12.3. The molecular weight excluding hydrogens is 310 g/mol. The van der Waals surface area contributed by atoms with E-state index in [9.17, 15) is 4.79 Å². The van der Waals surface area contributed by atoms with Crippen molar-refractivity contribution in [2.75, 3.05) is 39.3 Å². The van der Waals surface area contributed by atoms with E-state index in [0.717, 1.165) is 44.2 Å². The maximum absolute atomic E-state index is 12.0. The summed E-state index contributed by atoms with van der Waals surface area (Å²) in [5, 5.41) is 2.89. The second-order valence-corrected chi connectivity index (χ2v) is 7.38. The highest BCUT2D eigenvalue weighted by Crippen LogP contribution is 2.31. The third-order valence-corrected chi connectivity index (χ3v) is 5.76. The van der Waals surface area contributed by atoms with Crippen LogP contribution in [0.3, 0.4) is 0 Å². The zero-order valence-electron chi connectivity index (χ0n) is 15.2. The number of nitrogens with zero attached hydrogens (tertiary/aromatic N) is 2. The van der Waals surface area contributed by atoms with E-state index < -0.39 is 0 Å². The Balaban J connectivity index is 1.38. The molecule has 0 saturated carbocycles. The standard InChI is InChI=1S/C21H31N3O/c1-2-12-22-21(25)24-15-10-19(11-16-24)20-9-14-23(17-20)13-8-18-6-4-3-5-7-18/h2-7,19-20H,1,8-17H2,(H,22,25). The van der Waals surface area contributed by atoms with Crippen LogP contribution in [0.25, 0.3) is 0 Å². The molecule has 4 heteroatoms. The number of urea groups is 1. The molecule has 1 aromatic rings. The maximum Gasteiger partial charge on any atom is 0.317 e. The van der Waals surface area contributed by atoms with Crippen molar-refractivity contribution in [2.45, 2.75) is 25.7 Å². The van der Waals surface area contributed by atoms with Crippen LogP contribution in [0, 0.1) is 11.8 Å². The lowest BCUT2D eigenvalue weighted by Crippen LogP contribution is -2.45. The Labute approximate surface area is 151 Å². The van der Waals surface area contributed by atoms with Crippen LogP contribution in [0.1, 0.15) is 24.8 Å². The Hall–Kier alpha value is -1.81. The second-order valence-electron chi connectivity index (χ2n) is 7.38. The van der Waals surface area contributed by atoms with Crippen LogP contribution in [-0.4, -0.2) is 55.1 Å². The molecule has 0 aliphatic carbocycles. The van der Waals surface area contributed by atoms with Gasteiger partial charge in [-0.05, 0) is 49.6 Å². The van der Waals surface area contributed by atoms with Crippen molar-refractivity contribution in [3.8, 4) is 0 Å². The summed E-state index contributed by atoms with van der Waals surface area (Å²) < 4.78 is 0. The molecule has 2 aliphatic heterocycles. The molecule has 1 aromatic carbocycles. The molecule has 0 spiro atoms. The fourth-order valence-electron chi connectivity index (χ4n) is 4.23. The van der Waals surface area contributed by atoms with Gasteiger partial charge in [-0.3, -0.25) is 0 Å². The molecule has 0 aromatic heterocycles. The van der Waals surface area contributed by atoms with Crippen molar-refractivity contribution in [1.82, 2.24) is 15.1 Å². The van der Waals surface area contributed by atoms with Crippen LogP contribution in [-0.2, 0) is 6.42 Å². The first kappa shape index (κ1) is 18.0. The highest BCUT2D eigenvalue weighted by Gasteiger charge is 2.32. The minimum atomic E-state index is 0.0641. The number of amides is 2. The fraction of sp³-hybridized carbons (Fsp3) is 0.571. The van der Waals surface area contributed by atoms with Gasteiger partial charge in [0.15, 0.2) is 0 Å². The van der Waals surface area contributed by atoms with Crippen LogP contribution >= 0.6 is 0 Å². The summed E-state index contributed by atoms with van der Waals surface area (Å²) in [6.07, 6.45) is 6.50. The zero-order valence-corrected chi connectivity index (χ0v) is 15.2. The molecule has 0 radical (unpaired) electrons. The number of hydrogen-bond acceptors (Lipinski definition) is 2. The van der Waals surface area contributed by atoms with Gasteiger partial charge in [-0.2, -0.15) is 0 Å². The number of hydrogen-bond donors (Lipinski definition) is 1. The molecule has 0 bridgehead atoms. The summed E-state index contributed by atoms with van der Waals surface area (Å²) in [6, 6.07) is 10.8. The Kier molecular flexibility index (Phi) is 6.51. The van der Waals surface area contributed by atoms with Gasteiger partial charge >= 0.3 is 6.03 Å². The topological polar surface area (TPSA) is 35.6 Å². The van der Waals surface area contributed by atoms with Crippen molar-refractivity contribution in [1.29, 1.82) is 0 Å². The minimum Gasteiger partial charge on any atom is -0.335 e. The number of benzene rings is 1. The van der Waals surface area contributed by atoms with Crippen molar-refractivity contribution in [2.24, 2.45) is 11.8 Å². The average Bonchev–Trinajstić information content (AvgIpc) is 3.14. The van der Waals surface area contributed by atoms with Gasteiger partial charge in [0.1, 0.15) is 0 Å². The summed E-state index contributed by atoms with van der Waals surface area (Å²) in [7, 11) is 0. The third kappa shape index (κ3) is 5.08. The van der Waals surface area contributed by atoms with E-state index in [4.69, 9.17) is 0 Å². The van der Waals surface area contributed by atoms with E-state index in [1.165, 1.54) is 31.6 Å². The summed E-state index contributed by atoms with van der Waals surface area (Å²) in [4.78, 5) is 16.6. The lowest BCUT2D eigenvalue weighted by molar-refractivity contribution is 0.150. The predicted molar refractivity (Wildman–Crippen MR) is 103 cm³/mol. The van der Waals surface area contributed by atoms with Gasteiger partial charge in [0, 0.05) is 32.7 Å². The van der Waals surface area contributed by atoms with Crippen molar-refractivity contribution in [3.63, 3.8) is 0 Å². The molecule has 25 heavy (non-hydrogen) atoms. The number of carbonyl (C=O) groups excluding carboxylic acids is 1. The number of carbonyl (C=O) groups is 1. The first-order valence-electron chi connectivity index (χ1n) is 9.66. The number of rotatable bonds is 6. The van der Waals surface area contributed by atoms with E-state index in [1.54, 1.807) is 6.08 Å². The summed E-state index contributed by atoms with van der Waals surface area (Å²) in [5.41, 5.74) is 1.43. The number of likely N-dealkylation sites (tertiary alicyclic amines) is 2. The minimum absolute atomic E-state index is 0.0641. The average molecular weight is 341 g/mol. The van der Waals surface area contributed by atoms with E-state index in [-0.39, 0.29) is 6.03 Å². The van der Waals surface area contributed by atoms with Gasteiger partial charge in [0.2, 0.25) is 0 Å². The SMILES string of the molecule is C=CCNC(=O)N1CCC(C2CCN(CCc3ccccc3)C2)CC1.